The number of nitrogens with zero attached hydrogens (tertiary/aromatic N) is 1. The van der Waals surface area contributed by atoms with Gasteiger partial charge in [-0.25, -0.2) is 0 Å². The molecule has 1 N–H and O–H groups in total. The van der Waals surface area contributed by atoms with Gasteiger partial charge < -0.3 is 9.88 Å². The van der Waals surface area contributed by atoms with Crippen molar-refractivity contribution in [3.8, 4) is 0 Å². The second kappa shape index (κ2) is 7.93. The van der Waals surface area contributed by atoms with Crippen LogP contribution in [0.25, 0.3) is 0 Å². The fraction of sp³-hybridized carbons (Fsp3) is 0.643. The van der Waals surface area contributed by atoms with Crippen LogP contribution in [0, 0.1) is 27.7 Å². The lowest BCUT2D eigenvalue weighted by Crippen LogP contribution is -2.24. The predicted octanol–water partition coefficient (Wildman–Crippen LogP) is 3.13. The molecule has 0 aromatic carbocycles. The predicted molar refractivity (Wildman–Crippen MR) is 75.5 cm³/mol. The maximum Gasteiger partial charge on any atom is 0.239 e. The van der Waals surface area contributed by atoms with E-state index in [4.69, 9.17) is 0 Å². The van der Waals surface area contributed by atoms with Gasteiger partial charge in [-0.1, -0.05) is 21.3 Å². The van der Waals surface area contributed by atoms with Gasteiger partial charge in [0, 0.05) is 18.4 Å². The molecule has 0 atom stereocenters. The molecule has 0 fully saturated rings. The lowest BCUT2D eigenvalue weighted by Gasteiger charge is -2.08. The molecular weight excluding hydrogens is 212 g/mol. The SMILES string of the molecule is C.CC.CNC(=O)Cn1c(C)c(C)c(C)c1C. The van der Waals surface area contributed by atoms with Crippen LogP contribution >= 0.6 is 0 Å². The molecule has 1 heterocycles. The highest BCUT2D eigenvalue weighted by Crippen LogP contribution is 2.19. The minimum absolute atomic E-state index is 0. The second-order valence-electron chi connectivity index (χ2n) is 3.68. The second-order valence-corrected chi connectivity index (χ2v) is 3.68. The van der Waals surface area contributed by atoms with Gasteiger partial charge in [0.05, 0.1) is 0 Å². The minimum atomic E-state index is 0. The molecule has 0 radical (unpaired) electrons. The number of rotatable bonds is 2. The van der Waals surface area contributed by atoms with E-state index in [0.29, 0.717) is 6.54 Å². The van der Waals surface area contributed by atoms with Gasteiger partial charge in [0.15, 0.2) is 0 Å². The standard InChI is InChI=1S/C11H18N2O.C2H6.CH4/c1-7-8(2)10(4)13(9(7)3)6-11(14)12-5;1-2;/h6H2,1-5H3,(H,12,14);1-2H3;1H4. The molecule has 0 aliphatic rings. The Hall–Kier alpha value is -1.25. The normalized spacial score (nSPS) is 8.88. The van der Waals surface area contributed by atoms with Crippen molar-refractivity contribution < 1.29 is 4.79 Å². The van der Waals surface area contributed by atoms with E-state index in [1.54, 1.807) is 7.05 Å². The number of hydrogen-bond donors (Lipinski definition) is 1. The van der Waals surface area contributed by atoms with Gasteiger partial charge in [0.1, 0.15) is 6.54 Å². The molecule has 0 saturated carbocycles. The van der Waals surface area contributed by atoms with Gasteiger partial charge in [-0.2, -0.15) is 0 Å². The molecule has 0 unspecified atom stereocenters. The third kappa shape index (κ3) is 3.91. The van der Waals surface area contributed by atoms with Gasteiger partial charge >= 0.3 is 0 Å². The van der Waals surface area contributed by atoms with E-state index in [2.05, 4.69) is 37.6 Å². The Kier molecular flexibility index (Phi) is 8.46. The van der Waals surface area contributed by atoms with E-state index < -0.39 is 0 Å². The first kappa shape index (κ1) is 18.1. The van der Waals surface area contributed by atoms with Crippen molar-refractivity contribution in [3.63, 3.8) is 0 Å². The van der Waals surface area contributed by atoms with E-state index >= 15 is 0 Å². The third-order valence-electron chi connectivity index (χ3n) is 3.04. The van der Waals surface area contributed by atoms with Crippen LogP contribution < -0.4 is 5.32 Å². The van der Waals surface area contributed by atoms with Gasteiger partial charge in [-0.15, -0.1) is 0 Å². The van der Waals surface area contributed by atoms with Crippen LogP contribution in [0.5, 0.6) is 0 Å². The lowest BCUT2D eigenvalue weighted by molar-refractivity contribution is -0.121. The van der Waals surface area contributed by atoms with Crippen molar-refractivity contribution in [1.29, 1.82) is 0 Å². The zero-order valence-corrected chi connectivity index (χ0v) is 11.6. The Balaban J connectivity index is 0. The summed E-state index contributed by atoms with van der Waals surface area (Å²) in [6.07, 6.45) is 0. The fourth-order valence-electron chi connectivity index (χ4n) is 1.66. The summed E-state index contributed by atoms with van der Waals surface area (Å²) in [6, 6.07) is 0. The van der Waals surface area contributed by atoms with E-state index in [0.717, 1.165) is 0 Å². The maximum absolute atomic E-state index is 11.3. The summed E-state index contributed by atoms with van der Waals surface area (Å²) >= 11 is 0. The lowest BCUT2D eigenvalue weighted by atomic mass is 10.2. The number of aromatic nitrogens is 1. The Morgan fingerprint density at radius 1 is 1.06 bits per heavy atom. The number of amides is 1. The smallest absolute Gasteiger partial charge is 0.239 e. The van der Waals surface area contributed by atoms with Crippen LogP contribution in [0.15, 0.2) is 0 Å². The number of carbonyl (C=O) groups is 1. The van der Waals surface area contributed by atoms with Crippen LogP contribution in [0.1, 0.15) is 43.8 Å². The van der Waals surface area contributed by atoms with Crippen LogP contribution in [0.3, 0.4) is 0 Å². The molecule has 1 aromatic heterocycles. The molecule has 3 nitrogen and oxygen atoms in total. The highest BCUT2D eigenvalue weighted by atomic mass is 16.1. The molecule has 3 heteroatoms. The Morgan fingerprint density at radius 2 is 1.41 bits per heavy atom. The number of carbonyl (C=O) groups excluding carboxylic acids is 1. The van der Waals surface area contributed by atoms with Crippen molar-refractivity contribution in [1.82, 2.24) is 9.88 Å². The molecule has 17 heavy (non-hydrogen) atoms. The van der Waals surface area contributed by atoms with Crippen molar-refractivity contribution in [2.24, 2.45) is 0 Å². The van der Waals surface area contributed by atoms with Gasteiger partial charge in [-0.05, 0) is 38.8 Å². The van der Waals surface area contributed by atoms with Crippen LogP contribution in [0.2, 0.25) is 0 Å². The summed E-state index contributed by atoms with van der Waals surface area (Å²) in [6.45, 7) is 12.7. The molecule has 0 saturated heterocycles. The van der Waals surface area contributed by atoms with Crippen LogP contribution in [0.4, 0.5) is 0 Å². The molecular formula is C14H28N2O. The molecule has 1 amide bonds. The Morgan fingerprint density at radius 3 is 1.71 bits per heavy atom. The average Bonchev–Trinajstić information content (AvgIpc) is 2.49. The first-order valence-electron chi connectivity index (χ1n) is 5.82. The topological polar surface area (TPSA) is 34.0 Å². The summed E-state index contributed by atoms with van der Waals surface area (Å²) in [5.41, 5.74) is 4.94. The average molecular weight is 240 g/mol. The zero-order valence-electron chi connectivity index (χ0n) is 11.6. The van der Waals surface area contributed by atoms with E-state index in [1.807, 2.05) is 13.8 Å². The Bertz CT molecular complexity index is 339. The summed E-state index contributed by atoms with van der Waals surface area (Å²) < 4.78 is 2.06. The summed E-state index contributed by atoms with van der Waals surface area (Å²) in [5, 5.41) is 2.64. The minimum Gasteiger partial charge on any atom is -0.358 e. The van der Waals surface area contributed by atoms with E-state index in [1.165, 1.54) is 22.5 Å². The largest absolute Gasteiger partial charge is 0.358 e. The highest BCUT2D eigenvalue weighted by Gasteiger charge is 2.12. The molecule has 0 bridgehead atoms. The first-order chi connectivity index (χ1) is 7.49. The number of nitrogens with one attached hydrogen (secondary N) is 1. The molecule has 0 aliphatic carbocycles. The fourth-order valence-corrected chi connectivity index (χ4v) is 1.66. The zero-order chi connectivity index (χ0) is 12.9. The maximum atomic E-state index is 11.3. The van der Waals surface area contributed by atoms with Gasteiger partial charge in [0.2, 0.25) is 5.91 Å². The van der Waals surface area contributed by atoms with Gasteiger partial charge in [0.25, 0.3) is 0 Å². The molecule has 1 aromatic rings. The van der Waals surface area contributed by atoms with Gasteiger partial charge in [-0.3, -0.25) is 4.79 Å². The van der Waals surface area contributed by atoms with Crippen molar-refractivity contribution in [2.45, 2.75) is 55.5 Å². The third-order valence-corrected chi connectivity index (χ3v) is 3.04. The molecule has 100 valence electrons. The molecule has 0 spiro atoms. The number of likely N-dealkylation sites (N-methyl/N-ethyl adjacent to an activating group) is 1. The van der Waals surface area contributed by atoms with E-state index in [-0.39, 0.29) is 13.3 Å². The summed E-state index contributed by atoms with van der Waals surface area (Å²) in [5.74, 6) is 0.0474. The number of hydrogen-bond acceptors (Lipinski definition) is 1. The highest BCUT2D eigenvalue weighted by molar-refractivity contribution is 5.75. The van der Waals surface area contributed by atoms with Crippen molar-refractivity contribution >= 4 is 5.91 Å². The first-order valence-corrected chi connectivity index (χ1v) is 5.82. The molecule has 0 aliphatic heterocycles. The van der Waals surface area contributed by atoms with Crippen LogP contribution in [-0.4, -0.2) is 17.5 Å². The summed E-state index contributed by atoms with van der Waals surface area (Å²) in [4.78, 5) is 11.3. The van der Waals surface area contributed by atoms with Crippen LogP contribution in [-0.2, 0) is 11.3 Å². The quantitative estimate of drug-likeness (QED) is 0.846. The summed E-state index contributed by atoms with van der Waals surface area (Å²) in [7, 11) is 1.66. The monoisotopic (exact) mass is 240 g/mol. The van der Waals surface area contributed by atoms with Crippen molar-refractivity contribution in [2.75, 3.05) is 7.05 Å². The van der Waals surface area contributed by atoms with E-state index in [9.17, 15) is 4.79 Å². The molecule has 1 rings (SSSR count). The Labute approximate surface area is 106 Å². The van der Waals surface area contributed by atoms with Crippen molar-refractivity contribution in [3.05, 3.63) is 22.5 Å².